The van der Waals surface area contributed by atoms with E-state index in [-0.39, 0.29) is 23.3 Å². The summed E-state index contributed by atoms with van der Waals surface area (Å²) in [5.41, 5.74) is 1.07. The van der Waals surface area contributed by atoms with Crippen LogP contribution >= 0.6 is 11.6 Å². The van der Waals surface area contributed by atoms with Gasteiger partial charge < -0.3 is 10.1 Å². The zero-order valence-corrected chi connectivity index (χ0v) is 18.6. The van der Waals surface area contributed by atoms with Crippen molar-refractivity contribution in [3.8, 4) is 5.75 Å². The normalized spacial score (nSPS) is 17.5. The molecule has 1 saturated heterocycles. The minimum Gasteiger partial charge on any atom is -0.497 e. The Morgan fingerprint density at radius 3 is 2.70 bits per heavy atom. The summed E-state index contributed by atoms with van der Waals surface area (Å²) in [6.45, 7) is 0.912. The quantitative estimate of drug-likeness (QED) is 0.666. The van der Waals surface area contributed by atoms with E-state index in [0.717, 1.165) is 24.2 Å². The van der Waals surface area contributed by atoms with E-state index < -0.39 is 10.0 Å². The number of halogens is 1. The Balaban J connectivity index is 1.59. The molecule has 2 aromatic carbocycles. The lowest BCUT2D eigenvalue weighted by Crippen LogP contribution is -2.46. The Hall–Kier alpha value is -2.09. The molecule has 8 heteroatoms. The maximum Gasteiger partial charge on any atom is 0.243 e. The largest absolute Gasteiger partial charge is 0.497 e. The molecule has 0 aromatic heterocycles. The number of nitrogens with zero attached hydrogens (tertiary/aromatic N) is 1. The molecule has 1 heterocycles. The molecule has 0 saturated carbocycles. The van der Waals surface area contributed by atoms with Crippen molar-refractivity contribution >= 4 is 27.5 Å². The second-order valence-electron chi connectivity index (χ2n) is 7.37. The van der Waals surface area contributed by atoms with Crippen molar-refractivity contribution in [1.29, 1.82) is 0 Å². The van der Waals surface area contributed by atoms with Crippen molar-refractivity contribution in [1.82, 2.24) is 9.62 Å². The van der Waals surface area contributed by atoms with E-state index in [4.69, 9.17) is 16.3 Å². The summed E-state index contributed by atoms with van der Waals surface area (Å²) in [5.74, 6) is 0.644. The van der Waals surface area contributed by atoms with Crippen molar-refractivity contribution < 1.29 is 17.9 Å². The number of methoxy groups -OCH3 is 1. The average molecular weight is 451 g/mol. The summed E-state index contributed by atoms with van der Waals surface area (Å²) < 4.78 is 32.9. The summed E-state index contributed by atoms with van der Waals surface area (Å²) in [5, 5.41) is 3.40. The van der Waals surface area contributed by atoms with Crippen LogP contribution in [0.2, 0.25) is 5.02 Å². The van der Waals surface area contributed by atoms with E-state index in [0.29, 0.717) is 31.0 Å². The highest BCUT2D eigenvalue weighted by Crippen LogP contribution is 2.27. The number of hydrogen-bond donors (Lipinski definition) is 1. The Bertz CT molecular complexity index is 963. The lowest BCUT2D eigenvalue weighted by atomic mass is 10.0. The van der Waals surface area contributed by atoms with Gasteiger partial charge in [-0.25, -0.2) is 8.42 Å². The fourth-order valence-electron chi connectivity index (χ4n) is 3.70. The predicted octanol–water partition coefficient (Wildman–Crippen LogP) is 3.64. The van der Waals surface area contributed by atoms with Gasteiger partial charge in [0.15, 0.2) is 0 Å². The molecular weight excluding hydrogens is 424 g/mol. The third-order valence-electron chi connectivity index (χ3n) is 5.28. The lowest BCUT2D eigenvalue weighted by Gasteiger charge is -2.34. The lowest BCUT2D eigenvalue weighted by molar-refractivity contribution is -0.122. The molecule has 3 rings (SSSR count). The number of ether oxygens (including phenoxy) is 1. The smallest absolute Gasteiger partial charge is 0.243 e. The maximum absolute atomic E-state index is 13.1. The molecule has 0 bridgehead atoms. The van der Waals surface area contributed by atoms with Gasteiger partial charge in [-0.05, 0) is 61.2 Å². The van der Waals surface area contributed by atoms with Crippen molar-refractivity contribution in [2.45, 2.75) is 43.0 Å². The first kappa shape index (κ1) is 22.6. The van der Waals surface area contributed by atoms with Gasteiger partial charge in [-0.2, -0.15) is 4.31 Å². The second kappa shape index (κ2) is 10.3. The number of amides is 1. The van der Waals surface area contributed by atoms with Crippen molar-refractivity contribution in [2.24, 2.45) is 0 Å². The highest BCUT2D eigenvalue weighted by Gasteiger charge is 2.34. The van der Waals surface area contributed by atoms with E-state index in [1.165, 1.54) is 16.4 Å². The summed E-state index contributed by atoms with van der Waals surface area (Å²) in [6.07, 6.45) is 3.22. The van der Waals surface area contributed by atoms with Crippen LogP contribution in [-0.4, -0.2) is 44.9 Å². The van der Waals surface area contributed by atoms with Crippen molar-refractivity contribution in [2.75, 3.05) is 20.2 Å². The van der Waals surface area contributed by atoms with Crippen LogP contribution in [0.5, 0.6) is 5.75 Å². The maximum atomic E-state index is 13.1. The van der Waals surface area contributed by atoms with Gasteiger partial charge in [0.1, 0.15) is 5.75 Å². The summed E-state index contributed by atoms with van der Waals surface area (Å²) in [7, 11) is -2.04. The summed E-state index contributed by atoms with van der Waals surface area (Å²) >= 11 is 5.89. The van der Waals surface area contributed by atoms with E-state index in [1.807, 2.05) is 24.3 Å². The molecule has 0 unspecified atom stereocenters. The SMILES string of the molecule is COc1cccc(CCNC(=O)C[C@@H]2CCCCN2S(=O)(=O)c2ccc(Cl)cc2)c1. The summed E-state index contributed by atoms with van der Waals surface area (Å²) in [4.78, 5) is 12.7. The van der Waals surface area contributed by atoms with Crippen molar-refractivity contribution in [3.05, 3.63) is 59.1 Å². The minimum absolute atomic E-state index is 0.138. The number of piperidine rings is 1. The zero-order chi connectivity index (χ0) is 21.6. The second-order valence-corrected chi connectivity index (χ2v) is 9.70. The molecule has 1 fully saturated rings. The number of nitrogens with one attached hydrogen (secondary N) is 1. The fraction of sp³-hybridized carbons (Fsp3) is 0.409. The molecule has 1 atom stereocenters. The minimum atomic E-state index is -3.66. The number of sulfonamides is 1. The number of benzene rings is 2. The van der Waals surface area contributed by atoms with Crippen LogP contribution in [0, 0.1) is 0 Å². The highest BCUT2D eigenvalue weighted by molar-refractivity contribution is 7.89. The number of carbonyl (C=O) groups excluding carboxylic acids is 1. The molecule has 162 valence electrons. The molecule has 30 heavy (non-hydrogen) atoms. The molecule has 0 spiro atoms. The fourth-order valence-corrected chi connectivity index (χ4v) is 5.52. The first-order valence-corrected chi connectivity index (χ1v) is 11.9. The Kier molecular flexibility index (Phi) is 7.75. The number of rotatable bonds is 8. The molecule has 0 radical (unpaired) electrons. The van der Waals surface area contributed by atoms with Gasteiger partial charge in [0.25, 0.3) is 0 Å². The van der Waals surface area contributed by atoms with Gasteiger partial charge >= 0.3 is 0 Å². The van der Waals surface area contributed by atoms with Gasteiger partial charge in [-0.3, -0.25) is 4.79 Å². The molecule has 2 aromatic rings. The highest BCUT2D eigenvalue weighted by atomic mass is 35.5. The van der Waals surface area contributed by atoms with Gasteiger partial charge in [-0.1, -0.05) is 30.2 Å². The molecular formula is C22H27ClN2O4S. The van der Waals surface area contributed by atoms with Crippen LogP contribution in [0.15, 0.2) is 53.4 Å². The third kappa shape index (κ3) is 5.74. The monoisotopic (exact) mass is 450 g/mol. The molecule has 6 nitrogen and oxygen atoms in total. The average Bonchev–Trinajstić information content (AvgIpc) is 2.74. The van der Waals surface area contributed by atoms with E-state index in [1.54, 1.807) is 19.2 Å². The summed E-state index contributed by atoms with van der Waals surface area (Å²) in [6, 6.07) is 13.5. The molecule has 1 aliphatic rings. The molecule has 1 aliphatic heterocycles. The first-order chi connectivity index (χ1) is 14.4. The standard InChI is InChI=1S/C22H27ClN2O4S/c1-29-20-7-4-5-17(15-20)12-13-24-22(26)16-19-6-2-3-14-25(19)30(27,28)21-10-8-18(23)9-11-21/h4-5,7-11,15,19H,2-3,6,12-14,16H2,1H3,(H,24,26)/t19-/m0/s1. The Labute approximate surface area is 183 Å². The van der Waals surface area contributed by atoms with Crippen LogP contribution in [0.1, 0.15) is 31.2 Å². The van der Waals surface area contributed by atoms with Crippen LogP contribution in [-0.2, 0) is 21.2 Å². The molecule has 1 N–H and O–H groups in total. The Morgan fingerprint density at radius 1 is 1.20 bits per heavy atom. The van der Waals surface area contributed by atoms with Gasteiger partial charge in [-0.15, -0.1) is 0 Å². The molecule has 0 aliphatic carbocycles. The Morgan fingerprint density at radius 2 is 1.97 bits per heavy atom. The first-order valence-electron chi connectivity index (χ1n) is 10.1. The van der Waals surface area contributed by atoms with Gasteiger partial charge in [0.05, 0.1) is 12.0 Å². The van der Waals surface area contributed by atoms with Crippen LogP contribution in [0.25, 0.3) is 0 Å². The van der Waals surface area contributed by atoms with Crippen LogP contribution in [0.4, 0.5) is 0 Å². The van der Waals surface area contributed by atoms with Gasteiger partial charge in [0, 0.05) is 30.6 Å². The van der Waals surface area contributed by atoms with Gasteiger partial charge in [0.2, 0.25) is 15.9 Å². The van der Waals surface area contributed by atoms with E-state index >= 15 is 0 Å². The number of hydrogen-bond acceptors (Lipinski definition) is 4. The number of carbonyl (C=O) groups is 1. The van der Waals surface area contributed by atoms with E-state index in [9.17, 15) is 13.2 Å². The van der Waals surface area contributed by atoms with Crippen LogP contribution < -0.4 is 10.1 Å². The zero-order valence-electron chi connectivity index (χ0n) is 17.0. The van der Waals surface area contributed by atoms with Crippen LogP contribution in [0.3, 0.4) is 0 Å². The predicted molar refractivity (Wildman–Crippen MR) is 117 cm³/mol. The topological polar surface area (TPSA) is 75.7 Å². The third-order valence-corrected chi connectivity index (χ3v) is 7.50. The molecule has 1 amide bonds. The van der Waals surface area contributed by atoms with E-state index in [2.05, 4.69) is 5.32 Å². The van der Waals surface area contributed by atoms with Crippen molar-refractivity contribution in [3.63, 3.8) is 0 Å².